The molecule has 3 unspecified atom stereocenters. The first-order chi connectivity index (χ1) is 9.57. The Labute approximate surface area is 126 Å². The Kier molecular flexibility index (Phi) is 3.44. The van der Waals surface area contributed by atoms with Crippen molar-refractivity contribution in [2.24, 2.45) is 22.2 Å². The van der Waals surface area contributed by atoms with Crippen LogP contribution in [0.1, 0.15) is 65.2 Å². The molecule has 4 bridgehead atoms. The smallest absolute Gasteiger partial charge is 0.316 e. The lowest BCUT2D eigenvalue weighted by Gasteiger charge is -2.67. The third-order valence-corrected chi connectivity index (χ3v) is 6.47. The van der Waals surface area contributed by atoms with Gasteiger partial charge in [-0.15, -0.1) is 0 Å². The van der Waals surface area contributed by atoms with Gasteiger partial charge in [0, 0.05) is 12.5 Å². The molecule has 0 aromatic heterocycles. The molecule has 0 aromatic carbocycles. The van der Waals surface area contributed by atoms with Crippen LogP contribution in [-0.4, -0.2) is 19.3 Å². The van der Waals surface area contributed by atoms with Crippen LogP contribution in [0.15, 0.2) is 0 Å². The van der Waals surface area contributed by atoms with Crippen LogP contribution in [0.5, 0.6) is 0 Å². The molecule has 0 spiro atoms. The fourth-order valence-corrected chi connectivity index (χ4v) is 6.99. The number of nitrogens with one attached hydrogen (secondary N) is 1. The van der Waals surface area contributed by atoms with Crippen molar-refractivity contribution in [1.82, 2.24) is 5.32 Å². The summed E-state index contributed by atoms with van der Waals surface area (Å²) in [7, 11) is 1.85. The quantitative estimate of drug-likeness (QED) is 0.778. The zero-order valence-corrected chi connectivity index (χ0v) is 13.4. The fraction of sp³-hybridized carbons (Fsp3) is 1.00. The second-order valence-corrected chi connectivity index (χ2v) is 8.99. The molecule has 0 aromatic rings. The first-order valence-corrected chi connectivity index (χ1v) is 8.31. The number of rotatable bonds is 4. The average molecular weight is 303 g/mol. The molecule has 1 nitrogen and oxygen atoms in total. The SMILES string of the molecule is CNC(CCC(F)(F)F)C12CC3CC(C)(CC(C)(C3)C1)C2. The number of hydrogen-bond donors (Lipinski definition) is 1. The van der Waals surface area contributed by atoms with E-state index in [1.54, 1.807) is 0 Å². The van der Waals surface area contributed by atoms with Crippen LogP contribution >= 0.6 is 0 Å². The molecule has 4 fully saturated rings. The molecule has 4 saturated carbocycles. The van der Waals surface area contributed by atoms with Gasteiger partial charge >= 0.3 is 6.18 Å². The molecule has 1 N–H and O–H groups in total. The van der Waals surface area contributed by atoms with Crippen LogP contribution in [0.25, 0.3) is 0 Å². The molecule has 3 atom stereocenters. The number of halogens is 3. The lowest BCUT2D eigenvalue weighted by atomic mass is 9.39. The maximum absolute atomic E-state index is 12.6. The molecule has 4 rings (SSSR count). The molecule has 4 aliphatic rings. The van der Waals surface area contributed by atoms with E-state index in [1.807, 2.05) is 7.05 Å². The molecule has 0 aliphatic heterocycles. The summed E-state index contributed by atoms with van der Waals surface area (Å²) in [6, 6.07) is 0.0150. The summed E-state index contributed by atoms with van der Waals surface area (Å²) in [6.45, 7) is 4.75. The highest BCUT2D eigenvalue weighted by molar-refractivity contribution is 5.13. The molecular formula is C17H28F3N. The summed E-state index contributed by atoms with van der Waals surface area (Å²) in [5, 5.41) is 3.27. The van der Waals surface area contributed by atoms with Crippen LogP contribution < -0.4 is 5.32 Å². The number of hydrogen-bond acceptors (Lipinski definition) is 1. The fourth-order valence-electron chi connectivity index (χ4n) is 6.99. The van der Waals surface area contributed by atoms with Gasteiger partial charge in [0.1, 0.15) is 0 Å². The maximum Gasteiger partial charge on any atom is 0.389 e. The summed E-state index contributed by atoms with van der Waals surface area (Å²) < 4.78 is 37.9. The zero-order chi connectivity index (χ0) is 15.5. The second kappa shape index (κ2) is 4.62. The standard InChI is InChI=1S/C17H28F3N/c1-14-6-12-7-15(2,9-14)11-16(8-12,10-14)13(21-3)4-5-17(18,19)20/h12-13,21H,4-11H2,1-3H3. The van der Waals surface area contributed by atoms with E-state index in [9.17, 15) is 13.2 Å². The molecule has 0 radical (unpaired) electrons. The van der Waals surface area contributed by atoms with Crippen molar-refractivity contribution in [2.75, 3.05) is 7.05 Å². The third kappa shape index (κ3) is 2.85. The highest BCUT2D eigenvalue weighted by atomic mass is 19.4. The van der Waals surface area contributed by atoms with E-state index in [0.717, 1.165) is 25.2 Å². The van der Waals surface area contributed by atoms with Crippen molar-refractivity contribution in [1.29, 1.82) is 0 Å². The Morgan fingerprint density at radius 1 is 1.05 bits per heavy atom. The Morgan fingerprint density at radius 3 is 2.05 bits per heavy atom. The molecule has 21 heavy (non-hydrogen) atoms. The maximum atomic E-state index is 12.6. The number of alkyl halides is 3. The van der Waals surface area contributed by atoms with Crippen LogP contribution in [0.3, 0.4) is 0 Å². The summed E-state index contributed by atoms with van der Waals surface area (Å²) in [6.07, 6.45) is 2.78. The van der Waals surface area contributed by atoms with Gasteiger partial charge in [-0.25, -0.2) is 0 Å². The summed E-state index contributed by atoms with van der Waals surface area (Å²) in [5.74, 6) is 0.734. The summed E-state index contributed by atoms with van der Waals surface area (Å²) in [5.41, 5.74) is 0.825. The van der Waals surface area contributed by atoms with E-state index >= 15 is 0 Å². The van der Waals surface area contributed by atoms with E-state index in [1.165, 1.54) is 19.3 Å². The topological polar surface area (TPSA) is 12.0 Å². The van der Waals surface area contributed by atoms with Gasteiger partial charge in [-0.1, -0.05) is 13.8 Å². The van der Waals surface area contributed by atoms with E-state index in [4.69, 9.17) is 0 Å². The van der Waals surface area contributed by atoms with Gasteiger partial charge in [0.15, 0.2) is 0 Å². The summed E-state index contributed by atoms with van der Waals surface area (Å²) in [4.78, 5) is 0. The molecule has 0 heterocycles. The van der Waals surface area contributed by atoms with Gasteiger partial charge in [-0.3, -0.25) is 0 Å². The van der Waals surface area contributed by atoms with Crippen molar-refractivity contribution in [2.45, 2.75) is 77.4 Å². The summed E-state index contributed by atoms with van der Waals surface area (Å²) >= 11 is 0. The first kappa shape index (κ1) is 15.6. The Morgan fingerprint density at radius 2 is 1.62 bits per heavy atom. The minimum absolute atomic E-state index is 0.0150. The zero-order valence-electron chi connectivity index (χ0n) is 13.4. The monoisotopic (exact) mass is 303 g/mol. The minimum Gasteiger partial charge on any atom is -0.316 e. The van der Waals surface area contributed by atoms with E-state index in [-0.39, 0.29) is 17.9 Å². The van der Waals surface area contributed by atoms with Crippen LogP contribution in [0.2, 0.25) is 0 Å². The predicted octanol–water partition coefficient (Wildman–Crippen LogP) is 4.91. The van der Waals surface area contributed by atoms with Gasteiger partial charge < -0.3 is 5.32 Å². The second-order valence-electron chi connectivity index (χ2n) is 8.99. The van der Waals surface area contributed by atoms with Gasteiger partial charge in [-0.05, 0) is 74.2 Å². The van der Waals surface area contributed by atoms with Crippen molar-refractivity contribution in [3.63, 3.8) is 0 Å². The Bertz CT molecular complexity index is 399. The van der Waals surface area contributed by atoms with Crippen molar-refractivity contribution in [3.8, 4) is 0 Å². The van der Waals surface area contributed by atoms with Gasteiger partial charge in [0.05, 0.1) is 0 Å². The third-order valence-electron chi connectivity index (χ3n) is 6.47. The molecule has 0 saturated heterocycles. The molecule has 4 aliphatic carbocycles. The van der Waals surface area contributed by atoms with Gasteiger partial charge in [-0.2, -0.15) is 13.2 Å². The van der Waals surface area contributed by atoms with E-state index in [0.29, 0.717) is 10.8 Å². The largest absolute Gasteiger partial charge is 0.389 e. The normalized spacial score (nSPS) is 46.9. The van der Waals surface area contributed by atoms with Crippen molar-refractivity contribution in [3.05, 3.63) is 0 Å². The lowest BCUT2D eigenvalue weighted by Crippen LogP contribution is -2.61. The van der Waals surface area contributed by atoms with Gasteiger partial charge in [0.25, 0.3) is 0 Å². The minimum atomic E-state index is -4.04. The van der Waals surface area contributed by atoms with Crippen molar-refractivity contribution >= 4 is 0 Å². The Balaban J connectivity index is 1.82. The van der Waals surface area contributed by atoms with Crippen LogP contribution in [0, 0.1) is 22.2 Å². The van der Waals surface area contributed by atoms with Crippen molar-refractivity contribution < 1.29 is 13.2 Å². The first-order valence-electron chi connectivity index (χ1n) is 8.31. The highest BCUT2D eigenvalue weighted by Gasteiger charge is 2.61. The highest BCUT2D eigenvalue weighted by Crippen LogP contribution is 2.70. The van der Waals surface area contributed by atoms with Crippen LogP contribution in [0.4, 0.5) is 13.2 Å². The molecule has 0 amide bonds. The predicted molar refractivity (Wildman–Crippen MR) is 78.0 cm³/mol. The van der Waals surface area contributed by atoms with E-state index in [2.05, 4.69) is 19.2 Å². The molecule has 4 heteroatoms. The molecular weight excluding hydrogens is 275 g/mol. The average Bonchev–Trinajstić information content (AvgIpc) is 2.22. The van der Waals surface area contributed by atoms with E-state index < -0.39 is 12.6 Å². The van der Waals surface area contributed by atoms with Gasteiger partial charge in [0.2, 0.25) is 0 Å². The van der Waals surface area contributed by atoms with Crippen LogP contribution in [-0.2, 0) is 0 Å². The lowest BCUT2D eigenvalue weighted by molar-refractivity contribution is -0.167. The molecule has 122 valence electrons. The Hall–Kier alpha value is -0.250.